The van der Waals surface area contributed by atoms with Gasteiger partial charge in [0.15, 0.2) is 25.1 Å². The van der Waals surface area contributed by atoms with E-state index in [2.05, 4.69) is 65.1 Å². The minimum absolute atomic E-state index is 0.0133. The maximum Gasteiger partial charge on any atom is 0.407 e. The van der Waals surface area contributed by atoms with Crippen molar-refractivity contribution in [1.29, 1.82) is 0 Å². The molecule has 0 saturated heterocycles. The molecule has 0 radical (unpaired) electrons. The number of hydrogen-bond donors (Lipinski definition) is 1. The van der Waals surface area contributed by atoms with Crippen LogP contribution in [0.15, 0.2) is 9.63 Å². The number of rotatable bonds is 8. The van der Waals surface area contributed by atoms with Crippen molar-refractivity contribution in [3.63, 3.8) is 0 Å². The Morgan fingerprint density at radius 1 is 1.18 bits per heavy atom. The Hall–Kier alpha value is -1.21. The Balaban J connectivity index is 1.98. The molecule has 0 spiro atoms. The van der Waals surface area contributed by atoms with E-state index in [4.69, 9.17) is 20.8 Å². The number of amides is 1. The molecule has 0 atom stereocenters. The van der Waals surface area contributed by atoms with Crippen LogP contribution in [-0.4, -0.2) is 61.5 Å². The van der Waals surface area contributed by atoms with E-state index in [1.165, 1.54) is 11.8 Å². The van der Waals surface area contributed by atoms with Crippen molar-refractivity contribution in [3.8, 4) is 0 Å². The summed E-state index contributed by atoms with van der Waals surface area (Å²) in [5, 5.41) is 2.78. The van der Waals surface area contributed by atoms with Gasteiger partial charge in [-0.3, -0.25) is 0 Å². The summed E-state index contributed by atoms with van der Waals surface area (Å²) in [6.45, 7) is 17.0. The van der Waals surface area contributed by atoms with Crippen LogP contribution in [0.3, 0.4) is 0 Å². The van der Waals surface area contributed by atoms with Gasteiger partial charge in [-0.2, -0.15) is 0 Å². The minimum atomic E-state index is -2.06. The van der Waals surface area contributed by atoms with Gasteiger partial charge in [-0.05, 0) is 73.9 Å². The number of aromatic nitrogens is 2. The van der Waals surface area contributed by atoms with Crippen LogP contribution < -0.4 is 10.2 Å². The van der Waals surface area contributed by atoms with Gasteiger partial charge in [0.2, 0.25) is 0 Å². The number of carbonyl (C=O) groups is 1. The monoisotopic (exact) mass is 666 g/mol. The number of thioether (sulfide) groups is 1. The molecular formula is C26H38BrClF2N4O3SSi. The molecule has 1 heterocycles. The molecule has 1 fully saturated rings. The third kappa shape index (κ3) is 7.36. The summed E-state index contributed by atoms with van der Waals surface area (Å²) in [6, 6.07) is -0.230. The molecule has 1 N–H and O–H groups in total. The maximum absolute atomic E-state index is 15.6. The lowest BCUT2D eigenvalue weighted by molar-refractivity contribution is 0.0470. The molecule has 2 aromatic rings. The van der Waals surface area contributed by atoms with Gasteiger partial charge >= 0.3 is 6.09 Å². The Labute approximate surface area is 248 Å². The van der Waals surface area contributed by atoms with Crippen LogP contribution in [0.5, 0.6) is 0 Å². The predicted molar refractivity (Wildman–Crippen MR) is 161 cm³/mol. The van der Waals surface area contributed by atoms with Crippen LogP contribution in [0.25, 0.3) is 10.9 Å². The first-order valence-electron chi connectivity index (χ1n) is 12.8. The highest BCUT2D eigenvalue weighted by Gasteiger charge is 2.40. The molecule has 1 aromatic carbocycles. The van der Waals surface area contributed by atoms with E-state index in [-0.39, 0.29) is 43.3 Å². The van der Waals surface area contributed by atoms with Gasteiger partial charge in [0.05, 0.1) is 21.5 Å². The number of nitrogens with one attached hydrogen (secondary N) is 1. The van der Waals surface area contributed by atoms with Crippen molar-refractivity contribution in [2.75, 3.05) is 24.3 Å². The van der Waals surface area contributed by atoms with Gasteiger partial charge in [-0.1, -0.05) is 44.1 Å². The normalized spacial score (nSPS) is 18.2. The smallest absolute Gasteiger partial charge is 0.407 e. The molecule has 7 nitrogen and oxygen atoms in total. The Kier molecular flexibility index (Phi) is 9.90. The first-order valence-corrected chi connectivity index (χ1v) is 18.1. The van der Waals surface area contributed by atoms with E-state index in [9.17, 15) is 4.79 Å². The molecule has 0 aliphatic heterocycles. The molecule has 1 aliphatic carbocycles. The maximum atomic E-state index is 15.6. The second kappa shape index (κ2) is 12.0. The van der Waals surface area contributed by atoms with E-state index in [1.54, 1.807) is 27.0 Å². The van der Waals surface area contributed by atoms with Crippen molar-refractivity contribution < 1.29 is 22.7 Å². The topological polar surface area (TPSA) is 76.6 Å². The Bertz CT molecular complexity index is 1240. The van der Waals surface area contributed by atoms with Crippen LogP contribution in [0.2, 0.25) is 23.2 Å². The number of anilines is 1. The SMILES string of the molecule is CSc1nc(N(CCO[Si](C)(C)C(C)(C)C)C2CC(NC(=O)OC(C)(C)C)C2)c2c(F)c(Cl)c(Br)c(F)c2n1. The highest BCUT2D eigenvalue weighted by atomic mass is 79.9. The first-order chi connectivity index (χ1) is 17.9. The summed E-state index contributed by atoms with van der Waals surface area (Å²) < 4.78 is 42.5. The second-order valence-electron chi connectivity index (χ2n) is 12.3. The average Bonchev–Trinajstić information content (AvgIpc) is 2.79. The summed E-state index contributed by atoms with van der Waals surface area (Å²) in [6.07, 6.45) is 2.45. The van der Waals surface area contributed by atoms with Crippen LogP contribution in [0, 0.1) is 11.6 Å². The standard InChI is InChI=1S/C26H38BrClF2N4O3SSi/c1-25(2,3)37-24(35)31-14-12-15(13-14)34(10-11-36-39(8,9)26(4,5)6)22-16-19(29)18(28)17(27)20(30)21(16)32-23(33-22)38-7/h14-15H,10-13H2,1-9H3,(H,31,35). The fraction of sp³-hybridized carbons (Fsp3) is 0.654. The molecule has 3 rings (SSSR count). The third-order valence-electron chi connectivity index (χ3n) is 7.21. The fourth-order valence-corrected chi connectivity index (χ4v) is 5.94. The Morgan fingerprint density at radius 3 is 2.33 bits per heavy atom. The molecule has 39 heavy (non-hydrogen) atoms. The largest absolute Gasteiger partial charge is 0.444 e. The number of ether oxygens (including phenoxy) is 1. The zero-order chi connectivity index (χ0) is 29.5. The van der Waals surface area contributed by atoms with Crippen molar-refractivity contribution in [3.05, 3.63) is 21.1 Å². The van der Waals surface area contributed by atoms with Crippen molar-refractivity contribution in [1.82, 2.24) is 15.3 Å². The average molecular weight is 668 g/mol. The van der Waals surface area contributed by atoms with E-state index in [0.29, 0.717) is 31.1 Å². The van der Waals surface area contributed by atoms with E-state index in [0.717, 1.165) is 0 Å². The number of nitrogens with zero attached hydrogens (tertiary/aromatic N) is 3. The van der Waals surface area contributed by atoms with Gasteiger partial charge in [0.25, 0.3) is 0 Å². The Morgan fingerprint density at radius 2 is 1.79 bits per heavy atom. The van der Waals surface area contributed by atoms with Crippen LogP contribution >= 0.6 is 39.3 Å². The van der Waals surface area contributed by atoms with Crippen molar-refractivity contribution in [2.24, 2.45) is 0 Å². The number of carbonyl (C=O) groups excluding carboxylic acids is 1. The lowest BCUT2D eigenvalue weighted by Gasteiger charge is -2.44. The number of halogens is 4. The molecule has 1 amide bonds. The molecule has 218 valence electrons. The van der Waals surface area contributed by atoms with E-state index >= 15 is 8.78 Å². The van der Waals surface area contributed by atoms with Crippen LogP contribution in [0.1, 0.15) is 54.4 Å². The third-order valence-corrected chi connectivity index (χ3v) is 13.6. The van der Waals surface area contributed by atoms with Gasteiger partial charge in [-0.15, -0.1) is 0 Å². The van der Waals surface area contributed by atoms with Crippen LogP contribution in [-0.2, 0) is 9.16 Å². The highest BCUT2D eigenvalue weighted by molar-refractivity contribution is 9.10. The number of benzene rings is 1. The fourth-order valence-electron chi connectivity index (χ4n) is 4.01. The first kappa shape index (κ1) is 32.3. The van der Waals surface area contributed by atoms with E-state index < -0.39 is 31.6 Å². The van der Waals surface area contributed by atoms with Gasteiger partial charge in [-0.25, -0.2) is 23.5 Å². The second-order valence-corrected chi connectivity index (χ2v) is 19.0. The summed E-state index contributed by atoms with van der Waals surface area (Å²) in [5.41, 5.74) is -0.750. The number of fused-ring (bicyclic) bond motifs is 1. The molecule has 0 unspecified atom stereocenters. The lowest BCUT2D eigenvalue weighted by atomic mass is 9.85. The molecule has 1 aliphatic rings. The molecule has 0 bridgehead atoms. The minimum Gasteiger partial charge on any atom is -0.444 e. The summed E-state index contributed by atoms with van der Waals surface area (Å²) in [4.78, 5) is 23.1. The summed E-state index contributed by atoms with van der Waals surface area (Å²) in [5.74, 6) is -1.28. The van der Waals surface area contributed by atoms with Crippen LogP contribution in [0.4, 0.5) is 19.4 Å². The molecule has 13 heteroatoms. The summed E-state index contributed by atoms with van der Waals surface area (Å²) in [7, 11) is -2.06. The summed E-state index contributed by atoms with van der Waals surface area (Å²) >= 11 is 10.5. The van der Waals surface area contributed by atoms with Crippen molar-refractivity contribution >= 4 is 70.4 Å². The lowest BCUT2D eigenvalue weighted by Crippen LogP contribution is -2.56. The molecule has 1 aromatic heterocycles. The molecular weight excluding hydrogens is 630 g/mol. The zero-order valence-corrected chi connectivity index (χ0v) is 28.1. The molecule has 1 saturated carbocycles. The van der Waals surface area contributed by atoms with Gasteiger partial charge < -0.3 is 19.4 Å². The predicted octanol–water partition coefficient (Wildman–Crippen LogP) is 7.93. The quantitative estimate of drug-likeness (QED) is 0.101. The van der Waals surface area contributed by atoms with Gasteiger partial charge in [0.1, 0.15) is 16.9 Å². The number of hydrogen-bond acceptors (Lipinski definition) is 7. The van der Waals surface area contributed by atoms with Gasteiger partial charge in [0, 0.05) is 18.6 Å². The highest BCUT2D eigenvalue weighted by Crippen LogP contribution is 2.41. The van der Waals surface area contributed by atoms with E-state index in [1.807, 2.05) is 4.90 Å². The zero-order valence-electron chi connectivity index (χ0n) is 24.0. The van der Waals surface area contributed by atoms with Crippen molar-refractivity contribution in [2.45, 2.75) is 95.4 Å². The number of alkyl carbamates (subject to hydrolysis) is 1.